The molecule has 0 unspecified atom stereocenters. The molecule has 0 spiro atoms. The Labute approximate surface area is 313 Å². The van der Waals surface area contributed by atoms with Gasteiger partial charge in [-0.2, -0.15) is 68.5 Å². The van der Waals surface area contributed by atoms with E-state index >= 15 is 0 Å². The highest BCUT2D eigenvalue weighted by Crippen LogP contribution is 2.54. The summed E-state index contributed by atoms with van der Waals surface area (Å²) in [7, 11) is 0. The van der Waals surface area contributed by atoms with E-state index in [4.69, 9.17) is 5.73 Å². The van der Waals surface area contributed by atoms with Crippen molar-refractivity contribution in [3.05, 3.63) is 141 Å². The van der Waals surface area contributed by atoms with Crippen molar-refractivity contribution in [2.45, 2.75) is 24.7 Å². The quantitative estimate of drug-likeness (QED) is 0.139. The van der Waals surface area contributed by atoms with Gasteiger partial charge in [0, 0.05) is 11.1 Å². The average Bonchev–Trinajstić information content (AvgIpc) is 3.63. The van der Waals surface area contributed by atoms with E-state index in [1.807, 2.05) is 0 Å². The van der Waals surface area contributed by atoms with Crippen LogP contribution >= 0.6 is 0 Å². The van der Waals surface area contributed by atoms with Crippen molar-refractivity contribution in [2.24, 2.45) is 5.73 Å². The van der Waals surface area contributed by atoms with Crippen molar-refractivity contribution in [2.75, 3.05) is 0 Å². The van der Waals surface area contributed by atoms with E-state index in [0.29, 0.717) is 41.0 Å². The lowest BCUT2D eigenvalue weighted by Gasteiger charge is -2.15. The van der Waals surface area contributed by atoms with Crippen LogP contribution in [0.5, 0.6) is 0 Å². The van der Waals surface area contributed by atoms with Gasteiger partial charge in [0.05, 0.1) is 22.3 Å². The molecule has 0 bridgehead atoms. The summed E-state index contributed by atoms with van der Waals surface area (Å²) in [6.07, 6.45) is -20.5. The molecule has 5 aromatic carbocycles. The van der Waals surface area contributed by atoms with Crippen LogP contribution in [-0.4, -0.2) is 0 Å². The number of nitrogens with zero attached hydrogens (tertiary/aromatic N) is 3. The fourth-order valence-electron chi connectivity index (χ4n) is 7.08. The molecule has 0 amide bonds. The minimum Gasteiger partial charge on any atom is -0.390 e. The molecule has 0 saturated carbocycles. The normalized spacial score (nSPS) is 14.2. The summed E-state index contributed by atoms with van der Waals surface area (Å²) >= 11 is 0. The van der Waals surface area contributed by atoms with Gasteiger partial charge in [-0.1, -0.05) is 24.3 Å². The SMILES string of the molecule is N#CC(C#N)=C1c2cc(-c3cc(C(F)(F)F)cc(C(F)(F)F)c3)ccc2-c2cc3c(cc21)-c1ccc(-c2cc(C(F)(F)F)cc(C(F)(F)F)c2)cc1/C3=C(/N)C#N. The highest BCUT2D eigenvalue weighted by atomic mass is 19.4. The zero-order valence-electron chi connectivity index (χ0n) is 28.0. The Morgan fingerprint density at radius 2 is 0.702 bits per heavy atom. The number of nitrogens with two attached hydrogens (primary N) is 1. The number of allylic oxidation sites excluding steroid dienone is 2. The smallest absolute Gasteiger partial charge is 0.390 e. The molecule has 2 aliphatic rings. The van der Waals surface area contributed by atoms with Crippen molar-refractivity contribution in [3.8, 4) is 62.7 Å². The van der Waals surface area contributed by atoms with E-state index in [1.165, 1.54) is 48.5 Å². The first-order valence-corrected chi connectivity index (χ1v) is 16.1. The van der Waals surface area contributed by atoms with E-state index in [-0.39, 0.29) is 62.2 Å². The maximum atomic E-state index is 13.7. The number of alkyl halides is 12. The van der Waals surface area contributed by atoms with E-state index in [0.717, 1.165) is 0 Å². The Bertz CT molecular complexity index is 2700. The van der Waals surface area contributed by atoms with Gasteiger partial charge < -0.3 is 5.73 Å². The van der Waals surface area contributed by atoms with Crippen molar-refractivity contribution < 1.29 is 52.7 Å². The molecule has 5 aromatic rings. The van der Waals surface area contributed by atoms with Gasteiger partial charge >= 0.3 is 24.7 Å². The standard InChI is InChI=1S/C41H16F12N4/c42-38(43,44)23-5-20(6-24(11-23)39(45,46)47)18-1-3-27-29-14-34-30(13-33(29)36(31(27)9-18)22(15-54)16-55)28-4-2-19(10-32(28)37(34)35(57)17-56)21-7-25(40(48,49)50)12-26(8-21)41(51,52)53/h1-14H,57H2/b37-35-. The van der Waals surface area contributed by atoms with Gasteiger partial charge in [0.1, 0.15) is 29.5 Å². The Morgan fingerprint density at radius 1 is 0.368 bits per heavy atom. The molecule has 2 N–H and O–H groups in total. The number of hydrogen-bond donors (Lipinski definition) is 1. The van der Waals surface area contributed by atoms with Crippen LogP contribution in [0, 0.1) is 34.0 Å². The van der Waals surface area contributed by atoms with Gasteiger partial charge in [-0.25, -0.2) is 0 Å². The van der Waals surface area contributed by atoms with Gasteiger partial charge in [0.15, 0.2) is 0 Å². The third-order valence-electron chi connectivity index (χ3n) is 9.56. The summed E-state index contributed by atoms with van der Waals surface area (Å²) in [5, 5.41) is 29.8. The summed E-state index contributed by atoms with van der Waals surface area (Å²) in [5.74, 6) is 0. The van der Waals surface area contributed by atoms with Gasteiger partial charge in [-0.15, -0.1) is 0 Å². The zero-order valence-corrected chi connectivity index (χ0v) is 28.0. The first kappa shape index (κ1) is 38.3. The summed E-state index contributed by atoms with van der Waals surface area (Å²) in [5.41, 5.74) is -0.0876. The van der Waals surface area contributed by atoms with Crippen LogP contribution in [0.3, 0.4) is 0 Å². The molecular formula is C41H16F12N4. The average molecular weight is 793 g/mol. The third-order valence-corrected chi connectivity index (χ3v) is 9.56. The van der Waals surface area contributed by atoms with Crippen LogP contribution in [-0.2, 0) is 24.7 Å². The highest BCUT2D eigenvalue weighted by Gasteiger charge is 2.39. The van der Waals surface area contributed by atoms with Crippen molar-refractivity contribution in [1.29, 1.82) is 15.8 Å². The molecule has 0 atom stereocenters. The predicted molar refractivity (Wildman–Crippen MR) is 181 cm³/mol. The summed E-state index contributed by atoms with van der Waals surface area (Å²) in [6.45, 7) is 0. The zero-order chi connectivity index (χ0) is 41.6. The molecule has 0 saturated heterocycles. The second-order valence-electron chi connectivity index (χ2n) is 12.9. The Balaban J connectivity index is 1.43. The van der Waals surface area contributed by atoms with Gasteiger partial charge in [0.25, 0.3) is 0 Å². The second kappa shape index (κ2) is 12.8. The molecule has 7 rings (SSSR count). The molecule has 0 aromatic heterocycles. The van der Waals surface area contributed by atoms with E-state index in [1.54, 1.807) is 18.2 Å². The molecule has 57 heavy (non-hydrogen) atoms. The summed E-state index contributed by atoms with van der Waals surface area (Å²) in [4.78, 5) is 0. The lowest BCUT2D eigenvalue weighted by molar-refractivity contribution is -0.144. The van der Waals surface area contributed by atoms with Crippen LogP contribution in [0.1, 0.15) is 44.5 Å². The molecule has 0 aliphatic heterocycles. The molecule has 2 aliphatic carbocycles. The molecule has 4 nitrogen and oxygen atoms in total. The lowest BCUT2D eigenvalue weighted by atomic mass is 9.93. The third kappa shape index (κ3) is 6.51. The Morgan fingerprint density at radius 3 is 1.04 bits per heavy atom. The number of nitriles is 3. The van der Waals surface area contributed by atoms with Crippen LogP contribution in [0.4, 0.5) is 52.7 Å². The van der Waals surface area contributed by atoms with Gasteiger partial charge in [-0.3, -0.25) is 0 Å². The van der Waals surface area contributed by atoms with E-state index < -0.39 is 69.4 Å². The van der Waals surface area contributed by atoms with Crippen molar-refractivity contribution in [1.82, 2.24) is 0 Å². The van der Waals surface area contributed by atoms with Crippen molar-refractivity contribution in [3.63, 3.8) is 0 Å². The molecular weight excluding hydrogens is 776 g/mol. The van der Waals surface area contributed by atoms with E-state index in [2.05, 4.69) is 0 Å². The topological polar surface area (TPSA) is 97.4 Å². The van der Waals surface area contributed by atoms with Gasteiger partial charge in [-0.05, 0) is 127 Å². The van der Waals surface area contributed by atoms with Crippen LogP contribution in [0.25, 0.3) is 55.7 Å². The summed E-state index contributed by atoms with van der Waals surface area (Å²) < 4.78 is 164. The van der Waals surface area contributed by atoms with E-state index in [9.17, 15) is 68.5 Å². The summed E-state index contributed by atoms with van der Waals surface area (Å²) in [6, 6.07) is 18.2. The van der Waals surface area contributed by atoms with Crippen LogP contribution in [0.15, 0.2) is 96.2 Å². The largest absolute Gasteiger partial charge is 0.416 e. The minimum absolute atomic E-state index is 0.0186. The maximum Gasteiger partial charge on any atom is 0.416 e. The van der Waals surface area contributed by atoms with Crippen LogP contribution in [0.2, 0.25) is 0 Å². The second-order valence-corrected chi connectivity index (χ2v) is 12.9. The first-order chi connectivity index (χ1) is 26.5. The number of rotatable bonds is 2. The minimum atomic E-state index is -5.14. The maximum absolute atomic E-state index is 13.7. The number of hydrogen-bond acceptors (Lipinski definition) is 4. The number of halogens is 12. The number of fused-ring (bicyclic) bond motifs is 6. The molecule has 0 fully saturated rings. The predicted octanol–water partition coefficient (Wildman–Crippen LogP) is 12.1. The van der Waals surface area contributed by atoms with Gasteiger partial charge in [0.2, 0.25) is 0 Å². The van der Waals surface area contributed by atoms with Crippen LogP contribution < -0.4 is 5.73 Å². The lowest BCUT2D eigenvalue weighted by Crippen LogP contribution is -2.11. The molecule has 0 heterocycles. The molecule has 16 heteroatoms. The Kier molecular flexibility index (Phi) is 8.59. The highest BCUT2D eigenvalue weighted by molar-refractivity contribution is 6.11. The van der Waals surface area contributed by atoms with Crippen molar-refractivity contribution >= 4 is 11.1 Å². The molecule has 284 valence electrons. The fourth-order valence-corrected chi connectivity index (χ4v) is 7.08. The number of benzene rings is 5. The Hall–Kier alpha value is -6.99. The molecule has 0 radical (unpaired) electrons. The first-order valence-electron chi connectivity index (χ1n) is 16.1. The monoisotopic (exact) mass is 792 g/mol. The fraction of sp³-hybridized carbons (Fsp3) is 0.0976.